The Bertz CT molecular complexity index is 384. The molecule has 1 nitrogen and oxygen atoms in total. The van der Waals surface area contributed by atoms with Crippen LogP contribution in [-0.2, 0) is 0 Å². The fourth-order valence-corrected chi connectivity index (χ4v) is 3.04. The number of halogens is 1. The molecule has 1 aromatic rings. The van der Waals surface area contributed by atoms with Crippen LogP contribution in [0.2, 0.25) is 0 Å². The number of hydrogen-bond donors (Lipinski definition) is 1. The number of aryl methyl sites for hydroxylation is 1. The van der Waals surface area contributed by atoms with Gasteiger partial charge in [-0.05, 0) is 55.4 Å². The monoisotopic (exact) mass is 281 g/mol. The Hall–Kier alpha value is -0.500. The van der Waals surface area contributed by atoms with E-state index in [-0.39, 0.29) is 0 Å². The maximum absolute atomic E-state index is 3.67. The van der Waals surface area contributed by atoms with Crippen molar-refractivity contribution in [2.75, 3.05) is 5.32 Å². The quantitative estimate of drug-likeness (QED) is 0.825. The van der Waals surface area contributed by atoms with Crippen molar-refractivity contribution in [2.45, 2.75) is 46.1 Å². The van der Waals surface area contributed by atoms with Gasteiger partial charge in [-0.2, -0.15) is 0 Å². The predicted molar refractivity (Wildman–Crippen MR) is 73.9 cm³/mol. The Morgan fingerprint density at radius 3 is 2.69 bits per heavy atom. The van der Waals surface area contributed by atoms with E-state index < -0.39 is 0 Å². The van der Waals surface area contributed by atoms with Gasteiger partial charge >= 0.3 is 0 Å². The summed E-state index contributed by atoms with van der Waals surface area (Å²) < 4.78 is 1.15. The molecule has 16 heavy (non-hydrogen) atoms. The van der Waals surface area contributed by atoms with Crippen molar-refractivity contribution in [3.63, 3.8) is 0 Å². The average molecular weight is 282 g/mol. The first-order valence-corrected chi connectivity index (χ1v) is 6.78. The molecule has 0 amide bonds. The lowest BCUT2D eigenvalue weighted by Gasteiger charge is -2.19. The molecule has 0 aliphatic heterocycles. The molecule has 0 bridgehead atoms. The van der Waals surface area contributed by atoms with Crippen molar-refractivity contribution in [1.82, 2.24) is 0 Å². The second kappa shape index (κ2) is 4.40. The zero-order chi connectivity index (χ0) is 11.8. The Morgan fingerprint density at radius 2 is 2.12 bits per heavy atom. The minimum Gasteiger partial charge on any atom is -0.382 e. The molecule has 2 heteroatoms. The minimum atomic E-state index is 0.515. The maximum atomic E-state index is 3.67. The van der Waals surface area contributed by atoms with E-state index in [2.05, 4.69) is 60.2 Å². The third kappa shape index (κ3) is 2.79. The van der Waals surface area contributed by atoms with Crippen LogP contribution < -0.4 is 5.32 Å². The lowest BCUT2D eigenvalue weighted by Crippen LogP contribution is -2.18. The highest BCUT2D eigenvalue weighted by atomic mass is 79.9. The summed E-state index contributed by atoms with van der Waals surface area (Å²) in [7, 11) is 0. The van der Waals surface area contributed by atoms with Gasteiger partial charge in [0.05, 0.1) is 0 Å². The molecule has 0 heterocycles. The van der Waals surface area contributed by atoms with Crippen LogP contribution in [0.4, 0.5) is 5.69 Å². The summed E-state index contributed by atoms with van der Waals surface area (Å²) in [6.07, 6.45) is 3.91. The van der Waals surface area contributed by atoms with Crippen LogP contribution in [0.15, 0.2) is 22.7 Å². The van der Waals surface area contributed by atoms with Crippen LogP contribution in [0.5, 0.6) is 0 Å². The summed E-state index contributed by atoms with van der Waals surface area (Å²) in [5.41, 5.74) is 3.12. The van der Waals surface area contributed by atoms with E-state index in [0.29, 0.717) is 11.5 Å². The van der Waals surface area contributed by atoms with Gasteiger partial charge < -0.3 is 5.32 Å². The summed E-state index contributed by atoms with van der Waals surface area (Å²) >= 11 is 3.50. The van der Waals surface area contributed by atoms with E-state index in [1.54, 1.807) is 0 Å². The van der Waals surface area contributed by atoms with Crippen molar-refractivity contribution in [2.24, 2.45) is 5.41 Å². The molecule has 1 saturated carbocycles. The molecule has 1 fully saturated rings. The molecular weight excluding hydrogens is 262 g/mol. The Kier molecular flexibility index (Phi) is 3.29. The summed E-state index contributed by atoms with van der Waals surface area (Å²) in [6.45, 7) is 6.89. The number of hydrogen-bond acceptors (Lipinski definition) is 1. The van der Waals surface area contributed by atoms with Crippen molar-refractivity contribution >= 4 is 21.6 Å². The summed E-state index contributed by atoms with van der Waals surface area (Å²) in [5.74, 6) is 0. The first kappa shape index (κ1) is 12.0. The molecule has 1 aliphatic rings. The Labute approximate surface area is 107 Å². The van der Waals surface area contributed by atoms with E-state index in [1.807, 2.05) is 0 Å². The van der Waals surface area contributed by atoms with Crippen LogP contribution >= 0.6 is 15.9 Å². The van der Waals surface area contributed by atoms with Gasteiger partial charge in [0, 0.05) is 16.2 Å². The fourth-order valence-electron chi connectivity index (χ4n) is 2.57. The van der Waals surface area contributed by atoms with E-state index in [0.717, 1.165) is 4.47 Å². The van der Waals surface area contributed by atoms with Gasteiger partial charge in [0.2, 0.25) is 0 Å². The van der Waals surface area contributed by atoms with Gasteiger partial charge in [-0.25, -0.2) is 0 Å². The van der Waals surface area contributed by atoms with Crippen molar-refractivity contribution in [3.05, 3.63) is 28.2 Å². The van der Waals surface area contributed by atoms with Crippen LogP contribution in [0.25, 0.3) is 0 Å². The summed E-state index contributed by atoms with van der Waals surface area (Å²) in [5, 5.41) is 3.67. The van der Waals surface area contributed by atoms with E-state index in [4.69, 9.17) is 0 Å². The second-order valence-corrected chi connectivity index (χ2v) is 6.62. The minimum absolute atomic E-state index is 0.515. The molecule has 0 aromatic heterocycles. The smallest absolute Gasteiger partial charge is 0.0372 e. The molecule has 1 unspecified atom stereocenters. The molecule has 0 radical (unpaired) electrons. The molecule has 0 saturated heterocycles. The molecule has 88 valence electrons. The predicted octanol–water partition coefficient (Wildman–Crippen LogP) is 4.75. The van der Waals surface area contributed by atoms with E-state index in [1.165, 1.54) is 30.5 Å². The van der Waals surface area contributed by atoms with Gasteiger partial charge in [0.15, 0.2) is 0 Å². The van der Waals surface area contributed by atoms with Crippen LogP contribution in [-0.4, -0.2) is 6.04 Å². The van der Waals surface area contributed by atoms with Crippen LogP contribution in [0, 0.1) is 12.3 Å². The topological polar surface area (TPSA) is 12.0 Å². The van der Waals surface area contributed by atoms with Gasteiger partial charge in [-0.3, -0.25) is 0 Å². The highest BCUT2D eigenvalue weighted by Gasteiger charge is 2.30. The third-order valence-corrected chi connectivity index (χ3v) is 4.01. The lowest BCUT2D eigenvalue weighted by molar-refractivity contribution is 0.378. The van der Waals surface area contributed by atoms with Gasteiger partial charge in [0.1, 0.15) is 0 Å². The van der Waals surface area contributed by atoms with Gasteiger partial charge in [-0.1, -0.05) is 29.8 Å². The molecule has 1 aromatic carbocycles. The Balaban J connectivity index is 2.05. The second-order valence-electron chi connectivity index (χ2n) is 5.71. The van der Waals surface area contributed by atoms with Crippen molar-refractivity contribution in [3.8, 4) is 0 Å². The number of rotatable bonds is 2. The zero-order valence-electron chi connectivity index (χ0n) is 10.3. The molecule has 1 atom stereocenters. The SMILES string of the molecule is Cc1cc(Br)ccc1NC1CCC(C)(C)C1. The van der Waals surface area contributed by atoms with Gasteiger partial charge in [-0.15, -0.1) is 0 Å². The first-order valence-electron chi connectivity index (χ1n) is 5.99. The zero-order valence-corrected chi connectivity index (χ0v) is 11.9. The third-order valence-electron chi connectivity index (χ3n) is 3.52. The Morgan fingerprint density at radius 1 is 1.38 bits per heavy atom. The number of anilines is 1. The lowest BCUT2D eigenvalue weighted by atomic mass is 9.92. The highest BCUT2D eigenvalue weighted by molar-refractivity contribution is 9.10. The summed E-state index contributed by atoms with van der Waals surface area (Å²) in [4.78, 5) is 0. The highest BCUT2D eigenvalue weighted by Crippen LogP contribution is 2.38. The molecular formula is C14H20BrN. The average Bonchev–Trinajstić information content (AvgIpc) is 2.51. The van der Waals surface area contributed by atoms with Crippen molar-refractivity contribution < 1.29 is 0 Å². The molecule has 0 spiro atoms. The van der Waals surface area contributed by atoms with Crippen molar-refractivity contribution in [1.29, 1.82) is 0 Å². The largest absolute Gasteiger partial charge is 0.382 e. The normalized spacial score (nSPS) is 23.4. The summed E-state index contributed by atoms with van der Waals surface area (Å²) in [6, 6.07) is 7.10. The standard InChI is InChI=1S/C14H20BrN/c1-10-8-11(15)4-5-13(10)16-12-6-7-14(2,3)9-12/h4-5,8,12,16H,6-7,9H2,1-3H3. The fraction of sp³-hybridized carbons (Fsp3) is 0.571. The number of benzene rings is 1. The maximum Gasteiger partial charge on any atom is 0.0372 e. The van der Waals surface area contributed by atoms with E-state index >= 15 is 0 Å². The van der Waals surface area contributed by atoms with Crippen LogP contribution in [0.1, 0.15) is 38.7 Å². The van der Waals surface area contributed by atoms with E-state index in [9.17, 15) is 0 Å². The number of nitrogens with one attached hydrogen (secondary N) is 1. The van der Waals surface area contributed by atoms with Gasteiger partial charge in [0.25, 0.3) is 0 Å². The molecule has 1 N–H and O–H groups in total. The molecule has 2 rings (SSSR count). The molecule has 1 aliphatic carbocycles. The first-order chi connectivity index (χ1) is 7.46. The van der Waals surface area contributed by atoms with Crippen LogP contribution in [0.3, 0.4) is 0 Å².